The van der Waals surface area contributed by atoms with E-state index in [1.807, 2.05) is 53.9 Å². The second kappa shape index (κ2) is 9.02. The second-order valence-corrected chi connectivity index (χ2v) is 9.51. The number of carbonyl (C=O) groups is 1. The number of pyridine rings is 3. The molecule has 1 aromatic carbocycles. The van der Waals surface area contributed by atoms with Gasteiger partial charge in [0.25, 0.3) is 5.91 Å². The first-order valence-corrected chi connectivity index (χ1v) is 12.7. The standard InChI is InChI=1S/C28H18N8OS/c37-28(16-5-2-1-3-6-16)31-18-13-17(14-29-15-18)20-8-9-21-24(32-20)25(36-35-21)27-33-23-19(22-7-4-12-38-22)10-11-30-26(23)34-27/h1-15H,(H,31,37)(H,35,36)(H,30,33,34). The minimum atomic E-state index is -0.203. The lowest BCUT2D eigenvalue weighted by Crippen LogP contribution is -2.11. The number of benzene rings is 1. The number of H-pyrrole nitrogens is 2. The Hall–Kier alpha value is -5.22. The van der Waals surface area contributed by atoms with Crippen molar-refractivity contribution in [3.05, 3.63) is 96.3 Å². The Labute approximate surface area is 219 Å². The summed E-state index contributed by atoms with van der Waals surface area (Å²) in [6.45, 7) is 0. The van der Waals surface area contributed by atoms with E-state index in [9.17, 15) is 4.79 Å². The number of amides is 1. The molecule has 0 fully saturated rings. The van der Waals surface area contributed by atoms with Crippen LogP contribution >= 0.6 is 11.3 Å². The molecule has 182 valence electrons. The number of anilines is 1. The van der Waals surface area contributed by atoms with E-state index in [4.69, 9.17) is 9.97 Å². The zero-order chi connectivity index (χ0) is 25.5. The van der Waals surface area contributed by atoms with Crippen LogP contribution in [0.3, 0.4) is 0 Å². The molecule has 0 bridgehead atoms. The molecule has 6 aromatic heterocycles. The summed E-state index contributed by atoms with van der Waals surface area (Å²) in [6.07, 6.45) is 5.10. The molecule has 0 aliphatic rings. The molecule has 0 spiro atoms. The summed E-state index contributed by atoms with van der Waals surface area (Å²) < 4.78 is 0. The number of fused-ring (bicyclic) bond motifs is 2. The Morgan fingerprint density at radius 2 is 1.84 bits per heavy atom. The van der Waals surface area contributed by atoms with E-state index in [1.165, 1.54) is 0 Å². The Balaban J connectivity index is 1.25. The average molecular weight is 515 g/mol. The van der Waals surface area contributed by atoms with Crippen molar-refractivity contribution in [3.63, 3.8) is 0 Å². The molecule has 10 heteroatoms. The van der Waals surface area contributed by atoms with Gasteiger partial charge in [0.1, 0.15) is 11.0 Å². The van der Waals surface area contributed by atoms with E-state index in [2.05, 4.69) is 36.5 Å². The Morgan fingerprint density at radius 3 is 2.71 bits per heavy atom. The highest BCUT2D eigenvalue weighted by Crippen LogP contribution is 2.33. The topological polar surface area (TPSA) is 125 Å². The van der Waals surface area contributed by atoms with Crippen LogP contribution in [0.15, 0.2) is 90.7 Å². The van der Waals surface area contributed by atoms with Crippen molar-refractivity contribution in [2.75, 3.05) is 5.32 Å². The zero-order valence-electron chi connectivity index (χ0n) is 19.7. The number of thiophene rings is 1. The molecule has 0 aliphatic carbocycles. The first-order chi connectivity index (χ1) is 18.7. The van der Waals surface area contributed by atoms with Crippen molar-refractivity contribution in [1.29, 1.82) is 0 Å². The predicted molar refractivity (Wildman–Crippen MR) is 148 cm³/mol. The van der Waals surface area contributed by atoms with Gasteiger partial charge in [0.2, 0.25) is 0 Å². The summed E-state index contributed by atoms with van der Waals surface area (Å²) >= 11 is 1.66. The number of rotatable bonds is 5. The average Bonchev–Trinajstić information content (AvgIpc) is 3.73. The van der Waals surface area contributed by atoms with Crippen molar-refractivity contribution < 1.29 is 4.79 Å². The van der Waals surface area contributed by atoms with E-state index in [0.29, 0.717) is 39.6 Å². The van der Waals surface area contributed by atoms with Gasteiger partial charge in [-0.1, -0.05) is 24.3 Å². The molecule has 0 aliphatic heterocycles. The summed E-state index contributed by atoms with van der Waals surface area (Å²) in [5.41, 5.74) is 7.12. The fourth-order valence-corrected chi connectivity index (χ4v) is 5.07. The number of carbonyl (C=O) groups excluding carboxylic acids is 1. The summed E-state index contributed by atoms with van der Waals surface area (Å²) in [5, 5.41) is 12.5. The van der Waals surface area contributed by atoms with Crippen LogP contribution in [0.2, 0.25) is 0 Å². The van der Waals surface area contributed by atoms with Gasteiger partial charge in [-0.05, 0) is 47.8 Å². The Kier molecular flexibility index (Phi) is 5.22. The maximum atomic E-state index is 12.6. The lowest BCUT2D eigenvalue weighted by molar-refractivity contribution is 0.102. The van der Waals surface area contributed by atoms with Gasteiger partial charge in [-0.2, -0.15) is 5.10 Å². The van der Waals surface area contributed by atoms with Gasteiger partial charge in [0.15, 0.2) is 17.2 Å². The third kappa shape index (κ3) is 3.89. The fourth-order valence-electron chi connectivity index (χ4n) is 4.32. The smallest absolute Gasteiger partial charge is 0.255 e. The fraction of sp³-hybridized carbons (Fsp3) is 0. The molecule has 0 saturated heterocycles. The van der Waals surface area contributed by atoms with Crippen molar-refractivity contribution in [3.8, 4) is 33.2 Å². The number of nitrogens with zero attached hydrogens (tertiary/aromatic N) is 5. The molecule has 1 amide bonds. The summed E-state index contributed by atoms with van der Waals surface area (Å²) in [7, 11) is 0. The molecular formula is C28H18N8OS. The molecule has 0 saturated carbocycles. The van der Waals surface area contributed by atoms with Gasteiger partial charge in [0, 0.05) is 34.0 Å². The van der Waals surface area contributed by atoms with Gasteiger partial charge in [-0.25, -0.2) is 15.0 Å². The normalized spacial score (nSPS) is 11.3. The SMILES string of the molecule is O=C(Nc1cncc(-c2ccc3[nH]nc(-c4nc5c(-c6cccs6)ccnc5[nH]4)c3n2)c1)c1ccccc1. The van der Waals surface area contributed by atoms with Gasteiger partial charge in [-0.15, -0.1) is 11.3 Å². The molecule has 3 N–H and O–H groups in total. The number of nitrogens with one attached hydrogen (secondary N) is 3. The van der Waals surface area contributed by atoms with Crippen LogP contribution in [0, 0.1) is 0 Å². The van der Waals surface area contributed by atoms with E-state index in [0.717, 1.165) is 27.0 Å². The second-order valence-electron chi connectivity index (χ2n) is 8.57. The van der Waals surface area contributed by atoms with Crippen LogP contribution in [0.25, 0.3) is 55.4 Å². The molecule has 0 radical (unpaired) electrons. The van der Waals surface area contributed by atoms with Crippen LogP contribution in [0.5, 0.6) is 0 Å². The highest BCUT2D eigenvalue weighted by molar-refractivity contribution is 7.13. The Bertz CT molecular complexity index is 1930. The summed E-state index contributed by atoms with van der Waals surface area (Å²) in [6, 6.07) is 20.8. The molecule has 38 heavy (non-hydrogen) atoms. The minimum absolute atomic E-state index is 0.203. The lowest BCUT2D eigenvalue weighted by Gasteiger charge is -2.07. The largest absolute Gasteiger partial charge is 0.321 e. The highest BCUT2D eigenvalue weighted by atomic mass is 32.1. The minimum Gasteiger partial charge on any atom is -0.321 e. The van der Waals surface area contributed by atoms with E-state index >= 15 is 0 Å². The molecule has 0 atom stereocenters. The zero-order valence-corrected chi connectivity index (χ0v) is 20.5. The van der Waals surface area contributed by atoms with Gasteiger partial charge >= 0.3 is 0 Å². The number of hydrogen-bond acceptors (Lipinski definition) is 7. The highest BCUT2D eigenvalue weighted by Gasteiger charge is 2.18. The van der Waals surface area contributed by atoms with Crippen LogP contribution in [-0.2, 0) is 0 Å². The van der Waals surface area contributed by atoms with E-state index < -0.39 is 0 Å². The molecule has 0 unspecified atom stereocenters. The van der Waals surface area contributed by atoms with Crippen LogP contribution in [0.1, 0.15) is 10.4 Å². The number of aromatic nitrogens is 7. The van der Waals surface area contributed by atoms with Gasteiger partial charge in [0.05, 0.1) is 23.1 Å². The van der Waals surface area contributed by atoms with Crippen molar-refractivity contribution in [1.82, 2.24) is 35.1 Å². The maximum Gasteiger partial charge on any atom is 0.255 e. The molecule has 9 nitrogen and oxygen atoms in total. The molecule has 6 heterocycles. The third-order valence-electron chi connectivity index (χ3n) is 6.13. The Morgan fingerprint density at radius 1 is 0.921 bits per heavy atom. The van der Waals surface area contributed by atoms with Gasteiger partial charge < -0.3 is 10.3 Å². The number of imidazole rings is 1. The molecular weight excluding hydrogens is 496 g/mol. The third-order valence-corrected chi connectivity index (χ3v) is 7.03. The van der Waals surface area contributed by atoms with E-state index in [-0.39, 0.29) is 5.91 Å². The van der Waals surface area contributed by atoms with Crippen LogP contribution in [0.4, 0.5) is 5.69 Å². The first-order valence-electron chi connectivity index (χ1n) is 11.8. The van der Waals surface area contributed by atoms with Crippen molar-refractivity contribution in [2.24, 2.45) is 0 Å². The maximum absolute atomic E-state index is 12.6. The van der Waals surface area contributed by atoms with Gasteiger partial charge in [-0.3, -0.25) is 14.9 Å². The molecule has 7 rings (SSSR count). The molecule has 7 aromatic rings. The number of hydrogen-bond donors (Lipinski definition) is 3. The quantitative estimate of drug-likeness (QED) is 0.261. The van der Waals surface area contributed by atoms with Crippen molar-refractivity contribution in [2.45, 2.75) is 0 Å². The summed E-state index contributed by atoms with van der Waals surface area (Å²) in [4.78, 5) is 35.5. The summed E-state index contributed by atoms with van der Waals surface area (Å²) in [5.74, 6) is 0.375. The van der Waals surface area contributed by atoms with Crippen molar-refractivity contribution >= 4 is 45.1 Å². The van der Waals surface area contributed by atoms with Crippen LogP contribution < -0.4 is 5.32 Å². The number of aromatic amines is 2. The lowest BCUT2D eigenvalue weighted by atomic mass is 10.1. The predicted octanol–water partition coefficient (Wildman–Crippen LogP) is 5.94. The first kappa shape index (κ1) is 22.0. The van der Waals surface area contributed by atoms with E-state index in [1.54, 1.807) is 42.1 Å². The monoisotopic (exact) mass is 514 g/mol. The van der Waals surface area contributed by atoms with Crippen LogP contribution in [-0.4, -0.2) is 41.0 Å².